The standard InChI is InChI=1S/C16H21F3N2O3/c1-23-13-6-12(7-14(8-13)24-10-16(17,18)19)15(22)21-9-11-2-4-20-5-3-11/h6-8,11,20H,2-5,9-10H2,1H3,(H,21,22). The highest BCUT2D eigenvalue weighted by Gasteiger charge is 2.28. The molecule has 0 radical (unpaired) electrons. The van der Waals surface area contributed by atoms with Gasteiger partial charge in [-0.05, 0) is 44.0 Å². The first-order valence-corrected chi connectivity index (χ1v) is 7.75. The van der Waals surface area contributed by atoms with Gasteiger partial charge in [-0.2, -0.15) is 13.2 Å². The van der Waals surface area contributed by atoms with E-state index in [1.807, 2.05) is 0 Å². The molecule has 0 saturated carbocycles. The van der Waals surface area contributed by atoms with E-state index in [-0.39, 0.29) is 23.0 Å². The van der Waals surface area contributed by atoms with E-state index >= 15 is 0 Å². The van der Waals surface area contributed by atoms with Crippen LogP contribution in [0.1, 0.15) is 23.2 Å². The molecule has 5 nitrogen and oxygen atoms in total. The third kappa shape index (κ3) is 5.92. The van der Waals surface area contributed by atoms with Crippen molar-refractivity contribution in [3.8, 4) is 11.5 Å². The van der Waals surface area contributed by atoms with Gasteiger partial charge in [-0.15, -0.1) is 0 Å². The fraction of sp³-hybridized carbons (Fsp3) is 0.562. The van der Waals surface area contributed by atoms with Crippen LogP contribution in [0.15, 0.2) is 18.2 Å². The van der Waals surface area contributed by atoms with Crippen molar-refractivity contribution in [3.05, 3.63) is 23.8 Å². The highest BCUT2D eigenvalue weighted by Crippen LogP contribution is 2.25. The van der Waals surface area contributed by atoms with Crippen LogP contribution in [0.3, 0.4) is 0 Å². The quantitative estimate of drug-likeness (QED) is 0.830. The van der Waals surface area contributed by atoms with Crippen LogP contribution < -0.4 is 20.1 Å². The van der Waals surface area contributed by atoms with Crippen molar-refractivity contribution in [2.24, 2.45) is 5.92 Å². The van der Waals surface area contributed by atoms with Crippen molar-refractivity contribution in [1.29, 1.82) is 0 Å². The highest BCUT2D eigenvalue weighted by molar-refractivity contribution is 5.95. The number of methoxy groups -OCH3 is 1. The summed E-state index contributed by atoms with van der Waals surface area (Å²) in [6.07, 6.45) is -2.48. The molecule has 2 rings (SSSR count). The minimum atomic E-state index is -4.44. The molecule has 8 heteroatoms. The Hall–Kier alpha value is -1.96. The van der Waals surface area contributed by atoms with E-state index in [4.69, 9.17) is 9.47 Å². The fourth-order valence-electron chi connectivity index (χ4n) is 2.49. The van der Waals surface area contributed by atoms with Gasteiger partial charge in [-0.1, -0.05) is 0 Å². The number of amides is 1. The van der Waals surface area contributed by atoms with Gasteiger partial charge in [0.1, 0.15) is 11.5 Å². The summed E-state index contributed by atoms with van der Waals surface area (Å²) in [5, 5.41) is 6.06. The van der Waals surface area contributed by atoms with E-state index in [0.717, 1.165) is 25.9 Å². The average molecular weight is 346 g/mol. The fourth-order valence-corrected chi connectivity index (χ4v) is 2.49. The molecule has 2 N–H and O–H groups in total. The molecule has 1 amide bonds. The Morgan fingerprint density at radius 1 is 1.25 bits per heavy atom. The van der Waals surface area contributed by atoms with Crippen molar-refractivity contribution in [1.82, 2.24) is 10.6 Å². The normalized spacial score (nSPS) is 15.8. The maximum atomic E-state index is 12.3. The summed E-state index contributed by atoms with van der Waals surface area (Å²) in [6, 6.07) is 4.07. The molecule has 1 fully saturated rings. The highest BCUT2D eigenvalue weighted by atomic mass is 19.4. The second-order valence-corrected chi connectivity index (χ2v) is 5.70. The summed E-state index contributed by atoms with van der Waals surface area (Å²) in [5.41, 5.74) is 0.209. The molecule has 1 aromatic rings. The molecule has 1 aliphatic heterocycles. The number of halogens is 3. The minimum Gasteiger partial charge on any atom is -0.497 e. The molecular formula is C16H21F3N2O3. The Morgan fingerprint density at radius 2 is 1.92 bits per heavy atom. The van der Waals surface area contributed by atoms with Crippen LogP contribution in [-0.2, 0) is 0 Å². The van der Waals surface area contributed by atoms with Crippen LogP contribution in [0.4, 0.5) is 13.2 Å². The number of ether oxygens (including phenoxy) is 2. The lowest BCUT2D eigenvalue weighted by Gasteiger charge is -2.22. The average Bonchev–Trinajstić information content (AvgIpc) is 2.58. The molecule has 0 atom stereocenters. The van der Waals surface area contributed by atoms with E-state index < -0.39 is 12.8 Å². The van der Waals surface area contributed by atoms with Crippen molar-refractivity contribution in [2.75, 3.05) is 33.4 Å². The van der Waals surface area contributed by atoms with Gasteiger partial charge in [0, 0.05) is 18.2 Å². The number of piperidine rings is 1. The Morgan fingerprint density at radius 3 is 2.54 bits per heavy atom. The minimum absolute atomic E-state index is 0.0568. The first-order chi connectivity index (χ1) is 11.4. The third-order valence-corrected chi connectivity index (χ3v) is 3.79. The van der Waals surface area contributed by atoms with Crippen molar-refractivity contribution >= 4 is 5.91 Å². The summed E-state index contributed by atoms with van der Waals surface area (Å²) in [7, 11) is 1.37. The van der Waals surface area contributed by atoms with Gasteiger partial charge < -0.3 is 20.1 Å². The van der Waals surface area contributed by atoms with E-state index in [1.165, 1.54) is 25.3 Å². The van der Waals surface area contributed by atoms with Crippen LogP contribution in [0.25, 0.3) is 0 Å². The summed E-state index contributed by atoms with van der Waals surface area (Å²) >= 11 is 0. The summed E-state index contributed by atoms with van der Waals surface area (Å²) in [4.78, 5) is 12.2. The van der Waals surface area contributed by atoms with Gasteiger partial charge in [0.05, 0.1) is 7.11 Å². The number of nitrogens with one attached hydrogen (secondary N) is 2. The molecule has 1 aromatic carbocycles. The first kappa shape index (κ1) is 18.4. The zero-order valence-electron chi connectivity index (χ0n) is 13.4. The molecule has 0 spiro atoms. The second kappa shape index (κ2) is 8.23. The van der Waals surface area contributed by atoms with Gasteiger partial charge in [0.2, 0.25) is 0 Å². The van der Waals surface area contributed by atoms with Gasteiger partial charge in [0.15, 0.2) is 6.61 Å². The number of hydrogen-bond donors (Lipinski definition) is 2. The Kier molecular flexibility index (Phi) is 6.30. The topological polar surface area (TPSA) is 59.6 Å². The molecule has 0 aliphatic carbocycles. The maximum absolute atomic E-state index is 12.3. The largest absolute Gasteiger partial charge is 0.497 e. The van der Waals surface area contributed by atoms with Crippen LogP contribution >= 0.6 is 0 Å². The Balaban J connectivity index is 2.00. The van der Waals surface area contributed by atoms with Crippen molar-refractivity contribution in [2.45, 2.75) is 19.0 Å². The predicted octanol–water partition coefficient (Wildman–Crippen LogP) is 2.37. The Bertz CT molecular complexity index is 558. The number of carbonyl (C=O) groups is 1. The Labute approximate surface area is 138 Å². The molecule has 1 aliphatic rings. The van der Waals surface area contributed by atoms with Crippen LogP contribution in [-0.4, -0.2) is 45.4 Å². The van der Waals surface area contributed by atoms with Crippen molar-refractivity contribution in [3.63, 3.8) is 0 Å². The molecule has 134 valence electrons. The van der Waals surface area contributed by atoms with E-state index in [9.17, 15) is 18.0 Å². The SMILES string of the molecule is COc1cc(OCC(F)(F)F)cc(C(=O)NCC2CCNCC2)c1. The van der Waals surface area contributed by atoms with Crippen LogP contribution in [0.2, 0.25) is 0 Å². The zero-order valence-corrected chi connectivity index (χ0v) is 13.4. The van der Waals surface area contributed by atoms with Gasteiger partial charge in [0.25, 0.3) is 5.91 Å². The predicted molar refractivity (Wildman–Crippen MR) is 82.5 cm³/mol. The molecule has 1 heterocycles. The smallest absolute Gasteiger partial charge is 0.422 e. The zero-order chi connectivity index (χ0) is 17.6. The molecular weight excluding hydrogens is 325 g/mol. The maximum Gasteiger partial charge on any atom is 0.422 e. The summed E-state index contributed by atoms with van der Waals surface area (Å²) in [6.45, 7) is 0.969. The van der Waals surface area contributed by atoms with Crippen molar-refractivity contribution < 1.29 is 27.4 Å². The first-order valence-electron chi connectivity index (χ1n) is 7.75. The lowest BCUT2D eigenvalue weighted by Crippen LogP contribution is -2.36. The monoisotopic (exact) mass is 346 g/mol. The molecule has 1 saturated heterocycles. The number of hydrogen-bond acceptors (Lipinski definition) is 4. The lowest BCUT2D eigenvalue weighted by atomic mass is 9.98. The van der Waals surface area contributed by atoms with E-state index in [2.05, 4.69) is 10.6 Å². The molecule has 0 aromatic heterocycles. The van der Waals surface area contributed by atoms with Gasteiger partial charge >= 0.3 is 6.18 Å². The van der Waals surface area contributed by atoms with Crippen LogP contribution in [0.5, 0.6) is 11.5 Å². The second-order valence-electron chi connectivity index (χ2n) is 5.70. The summed E-state index contributed by atoms with van der Waals surface area (Å²) in [5.74, 6) is 0.256. The van der Waals surface area contributed by atoms with E-state index in [1.54, 1.807) is 0 Å². The van der Waals surface area contributed by atoms with Crippen LogP contribution in [0, 0.1) is 5.92 Å². The summed E-state index contributed by atoms with van der Waals surface area (Å²) < 4.78 is 46.5. The lowest BCUT2D eigenvalue weighted by molar-refractivity contribution is -0.153. The number of alkyl halides is 3. The number of benzene rings is 1. The number of rotatable bonds is 6. The number of carbonyl (C=O) groups excluding carboxylic acids is 1. The molecule has 0 bridgehead atoms. The third-order valence-electron chi connectivity index (χ3n) is 3.79. The van der Waals surface area contributed by atoms with Gasteiger partial charge in [-0.25, -0.2) is 0 Å². The molecule has 24 heavy (non-hydrogen) atoms. The molecule has 0 unspecified atom stereocenters. The van der Waals surface area contributed by atoms with Gasteiger partial charge in [-0.3, -0.25) is 4.79 Å². The van der Waals surface area contributed by atoms with E-state index in [0.29, 0.717) is 12.5 Å².